The largest absolute Gasteiger partial charge is 0.442 e. The Morgan fingerprint density at radius 2 is 1.88 bits per heavy atom. The number of benzene rings is 1. The summed E-state index contributed by atoms with van der Waals surface area (Å²) in [4.78, 5) is 0. The summed E-state index contributed by atoms with van der Waals surface area (Å²) in [5, 5.41) is 0. The fraction of sp³-hybridized carbons (Fsp3) is 0.167. The lowest BCUT2D eigenvalue weighted by Gasteiger charge is -2.04. The molecule has 0 unspecified atom stereocenters. The van der Waals surface area contributed by atoms with E-state index in [1.54, 1.807) is 12.2 Å². The first kappa shape index (κ1) is 12.9. The van der Waals surface area contributed by atoms with Crippen LogP contribution in [-0.2, 0) is 0 Å². The second-order valence-corrected chi connectivity index (χ2v) is 4.18. The molecule has 0 radical (unpaired) electrons. The second kappa shape index (κ2) is 5.80. The van der Waals surface area contributed by atoms with Crippen LogP contribution in [0.5, 0.6) is 0 Å². The first-order valence-electron chi connectivity index (χ1n) is 4.59. The van der Waals surface area contributed by atoms with Gasteiger partial charge in [-0.2, -0.15) is 13.2 Å². The summed E-state index contributed by atoms with van der Waals surface area (Å²) in [5.41, 5.74) is -2.80. The minimum absolute atomic E-state index is 0.0740. The molecular weight excluding hydrogens is 233 g/mol. The zero-order valence-electron chi connectivity index (χ0n) is 8.50. The molecule has 0 bridgehead atoms. The van der Waals surface area contributed by atoms with Crippen LogP contribution in [0.1, 0.15) is 5.56 Å². The molecule has 0 nitrogen and oxygen atoms in total. The Bertz CT molecular complexity index is 366. The second-order valence-electron chi connectivity index (χ2n) is 3.14. The SMILES string of the molecule is C=C(/C=C/c1ccccc1)CSC(F)(F)F. The van der Waals surface area contributed by atoms with Crippen LogP contribution in [0.3, 0.4) is 0 Å². The molecular formula is C12H11F3S. The molecule has 0 atom stereocenters. The fourth-order valence-corrected chi connectivity index (χ4v) is 1.45. The van der Waals surface area contributed by atoms with Gasteiger partial charge in [-0.1, -0.05) is 49.1 Å². The molecule has 1 aromatic rings. The molecule has 0 aliphatic carbocycles. The highest BCUT2D eigenvalue weighted by Crippen LogP contribution is 2.31. The van der Waals surface area contributed by atoms with E-state index < -0.39 is 5.51 Å². The normalized spacial score (nSPS) is 11.9. The quantitative estimate of drug-likeness (QED) is 0.702. The van der Waals surface area contributed by atoms with Crippen LogP contribution in [0.15, 0.2) is 48.6 Å². The van der Waals surface area contributed by atoms with Crippen LogP contribution < -0.4 is 0 Å². The average Bonchev–Trinajstić information content (AvgIpc) is 2.24. The molecule has 0 aromatic heterocycles. The van der Waals surface area contributed by atoms with Gasteiger partial charge < -0.3 is 0 Å². The molecule has 0 amide bonds. The van der Waals surface area contributed by atoms with Crippen molar-refractivity contribution in [3.8, 4) is 0 Å². The predicted octanol–water partition coefficient (Wildman–Crippen LogP) is 4.51. The number of allylic oxidation sites excluding steroid dienone is 1. The lowest BCUT2D eigenvalue weighted by molar-refractivity contribution is -0.0326. The van der Waals surface area contributed by atoms with Gasteiger partial charge in [0.25, 0.3) is 0 Å². The number of halogens is 3. The topological polar surface area (TPSA) is 0 Å². The third-order valence-corrected chi connectivity index (χ3v) is 2.57. The molecule has 0 aliphatic rings. The third kappa shape index (κ3) is 5.66. The Balaban J connectivity index is 2.43. The summed E-state index contributed by atoms with van der Waals surface area (Å²) in [6.45, 7) is 3.57. The van der Waals surface area contributed by atoms with E-state index in [1.165, 1.54) is 0 Å². The van der Waals surface area contributed by atoms with Gasteiger partial charge in [-0.05, 0) is 22.9 Å². The lowest BCUT2D eigenvalue weighted by atomic mass is 10.2. The van der Waals surface area contributed by atoms with Gasteiger partial charge in [-0.25, -0.2) is 0 Å². The Kier molecular flexibility index (Phi) is 4.68. The molecule has 86 valence electrons. The molecule has 0 spiro atoms. The van der Waals surface area contributed by atoms with Crippen molar-refractivity contribution < 1.29 is 13.2 Å². The molecule has 1 rings (SSSR count). The van der Waals surface area contributed by atoms with Crippen molar-refractivity contribution in [1.29, 1.82) is 0 Å². The van der Waals surface area contributed by atoms with Gasteiger partial charge in [0.2, 0.25) is 0 Å². The third-order valence-electron chi connectivity index (χ3n) is 1.73. The zero-order valence-corrected chi connectivity index (χ0v) is 9.31. The van der Waals surface area contributed by atoms with Gasteiger partial charge in [0.15, 0.2) is 0 Å². The van der Waals surface area contributed by atoms with E-state index in [0.717, 1.165) is 5.56 Å². The molecule has 1 aromatic carbocycles. The minimum atomic E-state index is -4.19. The van der Waals surface area contributed by atoms with Crippen LogP contribution in [-0.4, -0.2) is 11.3 Å². The Hall–Kier alpha value is -1.16. The van der Waals surface area contributed by atoms with Crippen molar-refractivity contribution in [2.75, 3.05) is 5.75 Å². The van der Waals surface area contributed by atoms with Crippen LogP contribution in [0.2, 0.25) is 0 Å². The van der Waals surface area contributed by atoms with Crippen LogP contribution in [0, 0.1) is 0 Å². The van der Waals surface area contributed by atoms with E-state index in [9.17, 15) is 13.2 Å². The van der Waals surface area contributed by atoms with Crippen LogP contribution >= 0.6 is 11.8 Å². The Morgan fingerprint density at radius 1 is 1.25 bits per heavy atom. The van der Waals surface area contributed by atoms with Gasteiger partial charge in [0.1, 0.15) is 0 Å². The summed E-state index contributed by atoms with van der Waals surface area (Å²) in [7, 11) is 0. The number of alkyl halides is 3. The average molecular weight is 244 g/mol. The number of hydrogen-bond acceptors (Lipinski definition) is 1. The number of rotatable bonds is 4. The highest BCUT2D eigenvalue weighted by atomic mass is 32.2. The van der Waals surface area contributed by atoms with E-state index in [4.69, 9.17) is 0 Å². The Labute approximate surface area is 96.9 Å². The summed E-state index contributed by atoms with van der Waals surface area (Å²) >= 11 is -0.0740. The van der Waals surface area contributed by atoms with E-state index in [-0.39, 0.29) is 17.5 Å². The van der Waals surface area contributed by atoms with Gasteiger partial charge in [0, 0.05) is 5.75 Å². The first-order valence-corrected chi connectivity index (χ1v) is 5.57. The summed E-state index contributed by atoms with van der Waals surface area (Å²) < 4.78 is 35.6. The molecule has 0 aliphatic heterocycles. The number of thioether (sulfide) groups is 1. The smallest absolute Gasteiger partial charge is 0.160 e. The standard InChI is InChI=1S/C12H11F3S/c1-10(9-16-12(13,14)15)7-8-11-5-3-2-4-6-11/h2-8H,1,9H2/b8-7+. The highest BCUT2D eigenvalue weighted by molar-refractivity contribution is 8.00. The highest BCUT2D eigenvalue weighted by Gasteiger charge is 2.27. The molecule has 0 N–H and O–H groups in total. The first-order chi connectivity index (χ1) is 7.47. The van der Waals surface area contributed by atoms with Gasteiger partial charge in [-0.15, -0.1) is 0 Å². The fourth-order valence-electron chi connectivity index (χ4n) is 1.00. The maximum atomic E-state index is 11.9. The predicted molar refractivity (Wildman–Crippen MR) is 63.1 cm³/mol. The molecule has 4 heteroatoms. The monoisotopic (exact) mass is 244 g/mol. The molecule has 0 heterocycles. The molecule has 0 saturated heterocycles. The van der Waals surface area contributed by atoms with Crippen molar-refractivity contribution >= 4 is 17.8 Å². The van der Waals surface area contributed by atoms with Gasteiger partial charge in [-0.3, -0.25) is 0 Å². The number of hydrogen-bond donors (Lipinski definition) is 0. The minimum Gasteiger partial charge on any atom is -0.160 e. The van der Waals surface area contributed by atoms with E-state index in [0.29, 0.717) is 5.57 Å². The zero-order chi connectivity index (χ0) is 12.0. The maximum Gasteiger partial charge on any atom is 0.442 e. The molecule has 16 heavy (non-hydrogen) atoms. The Morgan fingerprint density at radius 3 is 2.44 bits per heavy atom. The van der Waals surface area contributed by atoms with E-state index in [1.807, 2.05) is 30.3 Å². The van der Waals surface area contributed by atoms with Crippen LogP contribution in [0.25, 0.3) is 6.08 Å². The summed E-state index contributed by atoms with van der Waals surface area (Å²) in [6.07, 6.45) is 3.35. The van der Waals surface area contributed by atoms with Crippen molar-refractivity contribution in [1.82, 2.24) is 0 Å². The van der Waals surface area contributed by atoms with E-state index >= 15 is 0 Å². The maximum absolute atomic E-state index is 11.9. The van der Waals surface area contributed by atoms with Crippen molar-refractivity contribution in [2.24, 2.45) is 0 Å². The van der Waals surface area contributed by atoms with Crippen LogP contribution in [0.4, 0.5) is 13.2 Å². The van der Waals surface area contributed by atoms with E-state index in [2.05, 4.69) is 6.58 Å². The summed E-state index contributed by atoms with van der Waals surface area (Å²) in [6, 6.07) is 9.37. The van der Waals surface area contributed by atoms with Crippen molar-refractivity contribution in [3.05, 3.63) is 54.1 Å². The van der Waals surface area contributed by atoms with Gasteiger partial charge >= 0.3 is 5.51 Å². The van der Waals surface area contributed by atoms with Gasteiger partial charge in [0.05, 0.1) is 0 Å². The molecule has 0 saturated carbocycles. The molecule has 0 fully saturated rings. The van der Waals surface area contributed by atoms with Crippen molar-refractivity contribution in [2.45, 2.75) is 5.51 Å². The van der Waals surface area contributed by atoms with Crippen molar-refractivity contribution in [3.63, 3.8) is 0 Å². The summed E-state index contributed by atoms with van der Waals surface area (Å²) in [5.74, 6) is -0.132. The lowest BCUT2D eigenvalue weighted by Crippen LogP contribution is -2.01.